The summed E-state index contributed by atoms with van der Waals surface area (Å²) >= 11 is 0. The van der Waals surface area contributed by atoms with Gasteiger partial charge >= 0.3 is 0 Å². The summed E-state index contributed by atoms with van der Waals surface area (Å²) in [5, 5.41) is 5.56. The van der Waals surface area contributed by atoms with Crippen LogP contribution in [0, 0.1) is 6.92 Å². The van der Waals surface area contributed by atoms with E-state index in [1.807, 2.05) is 43.3 Å². The van der Waals surface area contributed by atoms with Gasteiger partial charge in [-0.1, -0.05) is 30.3 Å². The minimum Gasteiger partial charge on any atom is -0.454 e. The van der Waals surface area contributed by atoms with Gasteiger partial charge in [0.15, 0.2) is 11.5 Å². The molecule has 0 fully saturated rings. The number of fused-ring (bicyclic) bond motifs is 1. The molecule has 3 amide bonds. The lowest BCUT2D eigenvalue weighted by Gasteiger charge is -2.23. The molecule has 186 valence electrons. The topological polar surface area (TPSA) is 110 Å². The third-order valence-corrected chi connectivity index (χ3v) is 5.60. The van der Waals surface area contributed by atoms with Crippen molar-refractivity contribution in [2.24, 2.45) is 0 Å². The Bertz CT molecular complexity index is 1230. The van der Waals surface area contributed by atoms with E-state index in [-0.39, 0.29) is 43.9 Å². The van der Waals surface area contributed by atoms with E-state index in [0.717, 1.165) is 11.1 Å². The van der Waals surface area contributed by atoms with Crippen LogP contribution in [0.5, 0.6) is 11.5 Å². The molecule has 9 nitrogen and oxygen atoms in total. The smallest absolute Gasteiger partial charge is 0.240 e. The maximum Gasteiger partial charge on any atom is 0.240 e. The summed E-state index contributed by atoms with van der Waals surface area (Å²) < 4.78 is 10.8. The predicted molar refractivity (Wildman–Crippen MR) is 135 cm³/mol. The van der Waals surface area contributed by atoms with Crippen LogP contribution in [-0.4, -0.2) is 42.6 Å². The maximum absolute atomic E-state index is 13.2. The Hall–Kier alpha value is -4.40. The van der Waals surface area contributed by atoms with Crippen molar-refractivity contribution < 1.29 is 23.9 Å². The number of amides is 3. The summed E-state index contributed by atoms with van der Waals surface area (Å²) in [4.78, 5) is 43.7. The van der Waals surface area contributed by atoms with Gasteiger partial charge in [0.05, 0.1) is 0 Å². The lowest BCUT2D eigenvalue weighted by Crippen LogP contribution is -2.41. The molecular weight excluding hydrogens is 460 g/mol. The van der Waals surface area contributed by atoms with E-state index in [9.17, 15) is 14.4 Å². The molecule has 0 saturated carbocycles. The second-order valence-electron chi connectivity index (χ2n) is 8.37. The number of nitrogens with zero attached hydrogens (tertiary/aromatic N) is 2. The molecule has 3 aromatic rings. The van der Waals surface area contributed by atoms with E-state index < -0.39 is 0 Å². The van der Waals surface area contributed by atoms with Gasteiger partial charge in [-0.2, -0.15) is 0 Å². The zero-order chi connectivity index (χ0) is 25.3. The van der Waals surface area contributed by atoms with Gasteiger partial charge in [0.25, 0.3) is 0 Å². The molecule has 1 aromatic heterocycles. The normalized spacial score (nSPS) is 11.6. The zero-order valence-corrected chi connectivity index (χ0v) is 20.0. The summed E-state index contributed by atoms with van der Waals surface area (Å²) in [6.07, 6.45) is 2.15. The van der Waals surface area contributed by atoms with Crippen molar-refractivity contribution in [3.63, 3.8) is 0 Å². The summed E-state index contributed by atoms with van der Waals surface area (Å²) in [5.41, 5.74) is 2.56. The number of pyridine rings is 1. The monoisotopic (exact) mass is 488 g/mol. The van der Waals surface area contributed by atoms with Gasteiger partial charge in [-0.05, 0) is 48.7 Å². The SMILES string of the molecule is Cc1ccnc(NC(=O)CCC(=O)N(CC(=O)NCCc2ccccc2)c2ccc3c(c2)OCO3)c1. The lowest BCUT2D eigenvalue weighted by atomic mass is 10.1. The molecule has 0 atom stereocenters. The van der Waals surface area contributed by atoms with Gasteiger partial charge in [0, 0.05) is 37.3 Å². The Morgan fingerprint density at radius 1 is 0.944 bits per heavy atom. The summed E-state index contributed by atoms with van der Waals surface area (Å²) in [6, 6.07) is 18.4. The van der Waals surface area contributed by atoms with Crippen LogP contribution in [0.1, 0.15) is 24.0 Å². The van der Waals surface area contributed by atoms with Crippen molar-refractivity contribution in [2.45, 2.75) is 26.2 Å². The fraction of sp³-hybridized carbons (Fsp3) is 0.259. The highest BCUT2D eigenvalue weighted by atomic mass is 16.7. The van der Waals surface area contributed by atoms with Crippen LogP contribution in [0.15, 0.2) is 66.9 Å². The molecule has 2 N–H and O–H groups in total. The molecule has 0 aliphatic carbocycles. The molecule has 4 rings (SSSR count). The van der Waals surface area contributed by atoms with Crippen molar-refractivity contribution in [1.29, 1.82) is 0 Å². The van der Waals surface area contributed by atoms with Gasteiger partial charge in [0.2, 0.25) is 24.5 Å². The van der Waals surface area contributed by atoms with Crippen LogP contribution in [0.3, 0.4) is 0 Å². The van der Waals surface area contributed by atoms with E-state index >= 15 is 0 Å². The Labute approximate surface area is 209 Å². The number of carbonyl (C=O) groups is 3. The van der Waals surface area contributed by atoms with E-state index in [1.165, 1.54) is 4.90 Å². The van der Waals surface area contributed by atoms with E-state index in [4.69, 9.17) is 9.47 Å². The molecule has 0 unspecified atom stereocenters. The molecule has 1 aliphatic rings. The molecule has 36 heavy (non-hydrogen) atoms. The van der Waals surface area contributed by atoms with Crippen LogP contribution in [0.25, 0.3) is 0 Å². The number of carbonyl (C=O) groups excluding carboxylic acids is 3. The number of ether oxygens (including phenoxy) is 2. The second kappa shape index (κ2) is 11.8. The minimum atomic E-state index is -0.362. The molecule has 9 heteroatoms. The number of aryl methyl sites for hydroxylation is 1. The quantitative estimate of drug-likeness (QED) is 0.454. The van der Waals surface area contributed by atoms with Crippen molar-refractivity contribution in [1.82, 2.24) is 10.3 Å². The standard InChI is InChI=1S/C27H28N4O5/c1-19-11-13-28-24(15-19)30-25(32)9-10-27(34)31(21-7-8-22-23(16-21)36-18-35-22)17-26(33)29-14-12-20-5-3-2-4-6-20/h2-8,11,13,15-16H,9-10,12,14,17-18H2,1H3,(H,29,33)(H,28,30,32). The van der Waals surface area contributed by atoms with E-state index in [0.29, 0.717) is 36.0 Å². The molecule has 0 bridgehead atoms. The molecule has 0 spiro atoms. The van der Waals surface area contributed by atoms with Crippen molar-refractivity contribution in [2.75, 3.05) is 30.1 Å². The zero-order valence-electron chi connectivity index (χ0n) is 20.0. The fourth-order valence-electron chi connectivity index (χ4n) is 3.73. The molecule has 2 heterocycles. The average molecular weight is 489 g/mol. The first-order valence-electron chi connectivity index (χ1n) is 11.7. The van der Waals surface area contributed by atoms with Crippen LogP contribution in [0.2, 0.25) is 0 Å². The molecule has 1 aliphatic heterocycles. The molecule has 0 saturated heterocycles. The molecule has 0 radical (unpaired) electrons. The number of nitrogens with one attached hydrogen (secondary N) is 2. The van der Waals surface area contributed by atoms with Crippen molar-refractivity contribution >= 4 is 29.2 Å². The van der Waals surface area contributed by atoms with Crippen LogP contribution in [0.4, 0.5) is 11.5 Å². The van der Waals surface area contributed by atoms with E-state index in [2.05, 4.69) is 15.6 Å². The van der Waals surface area contributed by atoms with Gasteiger partial charge in [-0.25, -0.2) is 4.98 Å². The maximum atomic E-state index is 13.2. The minimum absolute atomic E-state index is 0.0505. The summed E-state index contributed by atoms with van der Waals surface area (Å²) in [5.74, 6) is 0.503. The van der Waals surface area contributed by atoms with Crippen molar-refractivity contribution in [3.05, 3.63) is 78.0 Å². The predicted octanol–water partition coefficient (Wildman–Crippen LogP) is 3.23. The first-order valence-corrected chi connectivity index (χ1v) is 11.7. The number of anilines is 2. The largest absolute Gasteiger partial charge is 0.454 e. The Balaban J connectivity index is 1.38. The first-order chi connectivity index (χ1) is 17.5. The fourth-order valence-corrected chi connectivity index (χ4v) is 3.73. The van der Waals surface area contributed by atoms with Gasteiger partial charge in [-0.3, -0.25) is 14.4 Å². The van der Waals surface area contributed by atoms with Gasteiger partial charge < -0.3 is 25.0 Å². The van der Waals surface area contributed by atoms with Crippen LogP contribution >= 0.6 is 0 Å². The van der Waals surface area contributed by atoms with Crippen LogP contribution in [-0.2, 0) is 20.8 Å². The molecule has 2 aromatic carbocycles. The number of benzene rings is 2. The highest BCUT2D eigenvalue weighted by Crippen LogP contribution is 2.35. The van der Waals surface area contributed by atoms with Crippen molar-refractivity contribution in [3.8, 4) is 11.5 Å². The summed E-state index contributed by atoms with van der Waals surface area (Å²) in [6.45, 7) is 2.25. The average Bonchev–Trinajstić information content (AvgIpc) is 3.34. The molecular formula is C27H28N4O5. The van der Waals surface area contributed by atoms with E-state index in [1.54, 1.807) is 30.5 Å². The first kappa shape index (κ1) is 24.7. The highest BCUT2D eigenvalue weighted by molar-refractivity contribution is 6.01. The van der Waals surface area contributed by atoms with Gasteiger partial charge in [0.1, 0.15) is 12.4 Å². The van der Waals surface area contributed by atoms with Crippen LogP contribution < -0.4 is 25.0 Å². The number of aromatic nitrogens is 1. The number of hydrogen-bond acceptors (Lipinski definition) is 6. The lowest BCUT2D eigenvalue weighted by molar-refractivity contribution is -0.125. The second-order valence-corrected chi connectivity index (χ2v) is 8.37. The number of hydrogen-bond donors (Lipinski definition) is 2. The summed E-state index contributed by atoms with van der Waals surface area (Å²) in [7, 11) is 0. The third kappa shape index (κ3) is 6.82. The third-order valence-electron chi connectivity index (χ3n) is 5.60. The Morgan fingerprint density at radius 2 is 1.75 bits per heavy atom. The highest BCUT2D eigenvalue weighted by Gasteiger charge is 2.23. The number of rotatable bonds is 10. The van der Waals surface area contributed by atoms with Gasteiger partial charge in [-0.15, -0.1) is 0 Å². The Morgan fingerprint density at radius 3 is 2.56 bits per heavy atom. The Kier molecular flexibility index (Phi) is 8.12.